The van der Waals surface area contributed by atoms with Crippen molar-refractivity contribution in [1.29, 1.82) is 0 Å². The summed E-state index contributed by atoms with van der Waals surface area (Å²) >= 11 is 0. The largest absolute Gasteiger partial charge is 0.379 e. The van der Waals surface area contributed by atoms with Gasteiger partial charge in [-0.05, 0) is 37.5 Å². The lowest BCUT2D eigenvalue weighted by Gasteiger charge is -2.29. The van der Waals surface area contributed by atoms with Crippen LogP contribution in [0, 0.1) is 11.3 Å². The Morgan fingerprint density at radius 2 is 1.85 bits per heavy atom. The van der Waals surface area contributed by atoms with E-state index in [1.54, 1.807) is 0 Å². The maximum Gasteiger partial charge on any atom is 0.191 e. The molecule has 0 saturated heterocycles. The van der Waals surface area contributed by atoms with Crippen LogP contribution in [0.3, 0.4) is 0 Å². The van der Waals surface area contributed by atoms with E-state index in [1.165, 1.54) is 38.4 Å². The maximum absolute atomic E-state index is 11.1. The van der Waals surface area contributed by atoms with Crippen molar-refractivity contribution in [3.05, 3.63) is 0 Å². The Balaban J connectivity index is 0.00000625. The lowest BCUT2D eigenvalue weighted by Crippen LogP contribution is -2.40. The third-order valence-corrected chi connectivity index (χ3v) is 5.47. The van der Waals surface area contributed by atoms with Crippen LogP contribution in [0.4, 0.5) is 0 Å². The summed E-state index contributed by atoms with van der Waals surface area (Å²) in [6.45, 7) is 9.66. The number of ether oxygens (including phenoxy) is 1. The number of rotatable bonds is 11. The number of guanidine groups is 1. The fourth-order valence-electron chi connectivity index (χ4n) is 3.56. The van der Waals surface area contributed by atoms with Crippen LogP contribution in [0.2, 0.25) is 0 Å². The lowest BCUT2D eigenvalue weighted by molar-refractivity contribution is 0.154. The Morgan fingerprint density at radius 1 is 1.19 bits per heavy atom. The van der Waals surface area contributed by atoms with E-state index in [0.717, 1.165) is 19.0 Å². The van der Waals surface area contributed by atoms with Gasteiger partial charge in [0, 0.05) is 25.9 Å². The molecule has 0 amide bonds. The highest BCUT2D eigenvalue weighted by atomic mass is 127. The second kappa shape index (κ2) is 13.1. The summed E-state index contributed by atoms with van der Waals surface area (Å²) in [6.07, 6.45) is 7.66. The Kier molecular flexibility index (Phi) is 13.1. The van der Waals surface area contributed by atoms with Crippen LogP contribution in [0.1, 0.15) is 52.9 Å². The molecule has 0 aliphatic heterocycles. The van der Waals surface area contributed by atoms with Crippen molar-refractivity contribution in [2.75, 3.05) is 44.9 Å². The molecule has 1 aliphatic rings. The molecular formula is C18H38IN3O3S. The monoisotopic (exact) mass is 503 g/mol. The molecule has 0 heterocycles. The van der Waals surface area contributed by atoms with Gasteiger partial charge in [-0.15, -0.1) is 24.0 Å². The second-order valence-corrected chi connectivity index (χ2v) is 9.93. The van der Waals surface area contributed by atoms with E-state index >= 15 is 0 Å². The van der Waals surface area contributed by atoms with Crippen molar-refractivity contribution in [1.82, 2.24) is 10.6 Å². The van der Waals surface area contributed by atoms with E-state index in [9.17, 15) is 8.42 Å². The Bertz CT molecular complexity index is 504. The fourth-order valence-corrected chi connectivity index (χ4v) is 3.98. The summed E-state index contributed by atoms with van der Waals surface area (Å²) < 4.78 is 27.5. The first-order valence-electron chi connectivity index (χ1n) is 9.54. The van der Waals surface area contributed by atoms with Gasteiger partial charge in [-0.1, -0.05) is 26.7 Å². The minimum absolute atomic E-state index is 0. The molecule has 0 spiro atoms. The molecular weight excluding hydrogens is 465 g/mol. The van der Waals surface area contributed by atoms with Gasteiger partial charge in [0.1, 0.15) is 9.84 Å². The Labute approximate surface area is 177 Å². The summed E-state index contributed by atoms with van der Waals surface area (Å²) in [7, 11) is -2.95. The molecule has 0 bridgehead atoms. The first-order valence-corrected chi connectivity index (χ1v) is 11.6. The summed E-state index contributed by atoms with van der Waals surface area (Å²) in [6, 6.07) is 0. The van der Waals surface area contributed by atoms with Crippen LogP contribution in [0.25, 0.3) is 0 Å². The van der Waals surface area contributed by atoms with E-state index in [-0.39, 0.29) is 36.3 Å². The minimum atomic E-state index is -2.95. The van der Waals surface area contributed by atoms with E-state index in [1.807, 2.05) is 0 Å². The zero-order chi connectivity index (χ0) is 18.8. The smallest absolute Gasteiger partial charge is 0.191 e. The summed E-state index contributed by atoms with van der Waals surface area (Å²) in [5.41, 5.74) is 0.364. The number of sulfone groups is 1. The topological polar surface area (TPSA) is 79.8 Å². The number of nitrogens with zero attached hydrogens (tertiary/aromatic N) is 1. The van der Waals surface area contributed by atoms with Crippen LogP contribution in [-0.4, -0.2) is 59.2 Å². The average Bonchev–Trinajstić information content (AvgIpc) is 2.95. The van der Waals surface area contributed by atoms with E-state index in [4.69, 9.17) is 9.73 Å². The van der Waals surface area contributed by atoms with Crippen molar-refractivity contribution in [3.8, 4) is 0 Å². The molecule has 26 heavy (non-hydrogen) atoms. The SMILES string of the molecule is CCNC(=NCC1(CC(C)C)CCCC1)NCCOCCS(C)(=O)=O.I. The number of hydrogen-bond acceptors (Lipinski definition) is 4. The zero-order valence-corrected chi connectivity index (χ0v) is 20.0. The number of halogens is 1. The van der Waals surface area contributed by atoms with Crippen LogP contribution in [-0.2, 0) is 14.6 Å². The van der Waals surface area contributed by atoms with E-state index in [0.29, 0.717) is 24.5 Å². The highest BCUT2D eigenvalue weighted by Crippen LogP contribution is 2.43. The molecule has 1 aliphatic carbocycles. The van der Waals surface area contributed by atoms with Crippen LogP contribution in [0.15, 0.2) is 4.99 Å². The van der Waals surface area contributed by atoms with Gasteiger partial charge >= 0.3 is 0 Å². The molecule has 156 valence electrons. The Morgan fingerprint density at radius 3 is 2.38 bits per heavy atom. The molecule has 8 heteroatoms. The molecule has 2 N–H and O–H groups in total. The molecule has 0 aromatic rings. The van der Waals surface area contributed by atoms with Crippen molar-refractivity contribution in [2.45, 2.75) is 52.9 Å². The summed E-state index contributed by atoms with van der Waals surface area (Å²) in [5.74, 6) is 1.59. The van der Waals surface area contributed by atoms with Gasteiger partial charge in [0.15, 0.2) is 5.96 Å². The molecule has 1 rings (SSSR count). The normalized spacial score (nSPS) is 17.2. The lowest BCUT2D eigenvalue weighted by atomic mass is 9.78. The minimum Gasteiger partial charge on any atom is -0.379 e. The van der Waals surface area contributed by atoms with Gasteiger partial charge < -0.3 is 15.4 Å². The Hall–Kier alpha value is -0.0900. The van der Waals surface area contributed by atoms with Crippen LogP contribution < -0.4 is 10.6 Å². The van der Waals surface area contributed by atoms with E-state index in [2.05, 4.69) is 31.4 Å². The van der Waals surface area contributed by atoms with Crippen molar-refractivity contribution < 1.29 is 13.2 Å². The summed E-state index contributed by atoms with van der Waals surface area (Å²) in [5, 5.41) is 6.56. The molecule has 6 nitrogen and oxygen atoms in total. The first-order chi connectivity index (χ1) is 11.8. The third kappa shape index (κ3) is 11.6. The average molecular weight is 503 g/mol. The van der Waals surface area contributed by atoms with Crippen LogP contribution >= 0.6 is 24.0 Å². The fraction of sp³-hybridized carbons (Fsp3) is 0.944. The maximum atomic E-state index is 11.1. The highest BCUT2D eigenvalue weighted by Gasteiger charge is 2.34. The predicted molar refractivity (Wildman–Crippen MR) is 120 cm³/mol. The second-order valence-electron chi connectivity index (χ2n) is 7.67. The van der Waals surface area contributed by atoms with Gasteiger partial charge in [-0.25, -0.2) is 8.42 Å². The molecule has 0 aromatic carbocycles. The van der Waals surface area contributed by atoms with Crippen molar-refractivity contribution in [3.63, 3.8) is 0 Å². The highest BCUT2D eigenvalue weighted by molar-refractivity contribution is 14.0. The zero-order valence-electron chi connectivity index (χ0n) is 16.8. The van der Waals surface area contributed by atoms with Crippen molar-refractivity contribution in [2.24, 2.45) is 16.3 Å². The quantitative estimate of drug-likeness (QED) is 0.196. The first kappa shape index (κ1) is 25.9. The predicted octanol–water partition coefficient (Wildman–Crippen LogP) is 2.83. The number of nitrogens with one attached hydrogen (secondary N) is 2. The molecule has 0 atom stereocenters. The van der Waals surface area contributed by atoms with Gasteiger partial charge in [-0.2, -0.15) is 0 Å². The molecule has 0 unspecified atom stereocenters. The number of hydrogen-bond donors (Lipinski definition) is 2. The third-order valence-electron chi connectivity index (χ3n) is 4.56. The number of aliphatic imine (C=N–C) groups is 1. The summed E-state index contributed by atoms with van der Waals surface area (Å²) in [4.78, 5) is 4.82. The molecule has 0 aromatic heterocycles. The van der Waals surface area contributed by atoms with Crippen LogP contribution in [0.5, 0.6) is 0 Å². The van der Waals surface area contributed by atoms with Gasteiger partial charge in [0.2, 0.25) is 0 Å². The van der Waals surface area contributed by atoms with Gasteiger partial charge in [0.25, 0.3) is 0 Å². The van der Waals surface area contributed by atoms with Gasteiger partial charge in [0.05, 0.1) is 19.0 Å². The molecule has 1 fully saturated rings. The van der Waals surface area contributed by atoms with Crippen molar-refractivity contribution >= 4 is 39.8 Å². The van der Waals surface area contributed by atoms with E-state index < -0.39 is 9.84 Å². The standard InChI is InChI=1S/C18H37N3O3S.HI/c1-5-19-17(20-10-11-24-12-13-25(4,22)23)21-15-18(14-16(2)3)8-6-7-9-18;/h16H,5-15H2,1-4H3,(H2,19,20,21);1H. The molecule has 0 radical (unpaired) electrons. The molecule has 1 saturated carbocycles. The van der Waals surface area contributed by atoms with Gasteiger partial charge in [-0.3, -0.25) is 4.99 Å².